The molecular formula is C22H19ClIN3O2. The average molecular weight is 520 g/mol. The lowest BCUT2D eigenvalue weighted by Crippen LogP contribution is -2.25. The van der Waals surface area contributed by atoms with Crippen LogP contribution in [0, 0.1) is 3.57 Å². The molecule has 0 atom stereocenters. The average Bonchev–Trinajstić information content (AvgIpc) is 2.74. The molecule has 3 aromatic rings. The Kier molecular flexibility index (Phi) is 7.89. The van der Waals surface area contributed by atoms with Crippen molar-refractivity contribution in [3.63, 3.8) is 0 Å². The summed E-state index contributed by atoms with van der Waals surface area (Å²) in [4.78, 5) is 11.9. The molecule has 29 heavy (non-hydrogen) atoms. The van der Waals surface area contributed by atoms with Crippen molar-refractivity contribution in [2.75, 3.05) is 11.9 Å². The molecule has 2 N–H and O–H groups in total. The van der Waals surface area contributed by atoms with Crippen LogP contribution in [-0.4, -0.2) is 18.7 Å². The zero-order valence-electron chi connectivity index (χ0n) is 15.4. The molecule has 0 aliphatic heterocycles. The van der Waals surface area contributed by atoms with Gasteiger partial charge in [0, 0.05) is 14.3 Å². The zero-order valence-corrected chi connectivity index (χ0v) is 18.4. The minimum absolute atomic E-state index is 0.148. The van der Waals surface area contributed by atoms with Crippen molar-refractivity contribution in [3.8, 4) is 5.75 Å². The summed E-state index contributed by atoms with van der Waals surface area (Å²) in [5.41, 5.74) is 5.29. The van der Waals surface area contributed by atoms with Crippen LogP contribution in [0.25, 0.3) is 0 Å². The second-order valence-electron chi connectivity index (χ2n) is 6.14. The smallest absolute Gasteiger partial charge is 0.259 e. The lowest BCUT2D eigenvalue weighted by Gasteiger charge is -2.07. The van der Waals surface area contributed by atoms with E-state index in [-0.39, 0.29) is 12.5 Å². The minimum atomic E-state index is -0.220. The summed E-state index contributed by atoms with van der Waals surface area (Å²) in [6.07, 6.45) is 1.59. The number of carbonyl (C=O) groups is 1. The molecule has 148 valence electrons. The summed E-state index contributed by atoms with van der Waals surface area (Å²) in [5, 5.41) is 7.73. The van der Waals surface area contributed by atoms with Crippen molar-refractivity contribution in [1.82, 2.24) is 5.43 Å². The molecule has 0 bridgehead atoms. The Balaban J connectivity index is 1.41. The van der Waals surface area contributed by atoms with Gasteiger partial charge >= 0.3 is 0 Å². The molecule has 3 rings (SSSR count). The molecule has 3 aromatic carbocycles. The molecule has 0 aliphatic rings. The number of nitrogens with zero attached hydrogens (tertiary/aromatic N) is 1. The summed E-state index contributed by atoms with van der Waals surface area (Å²) in [6, 6.07) is 22.8. The van der Waals surface area contributed by atoms with Gasteiger partial charge in [-0.2, -0.15) is 5.10 Å². The van der Waals surface area contributed by atoms with Crippen LogP contribution in [0.4, 0.5) is 5.69 Å². The first-order valence-electron chi connectivity index (χ1n) is 8.87. The predicted molar refractivity (Wildman–Crippen MR) is 126 cm³/mol. The van der Waals surface area contributed by atoms with E-state index >= 15 is 0 Å². The number of nitrogens with one attached hydrogen (secondary N) is 2. The molecule has 0 spiro atoms. The first kappa shape index (κ1) is 21.1. The van der Waals surface area contributed by atoms with Crippen molar-refractivity contribution in [3.05, 3.63) is 92.5 Å². The Morgan fingerprint density at radius 3 is 2.38 bits per heavy atom. The van der Waals surface area contributed by atoms with Crippen molar-refractivity contribution < 1.29 is 9.53 Å². The van der Waals surface area contributed by atoms with Crippen LogP contribution in [0.15, 0.2) is 77.9 Å². The van der Waals surface area contributed by atoms with Gasteiger partial charge in [-0.3, -0.25) is 4.79 Å². The number of anilines is 1. The van der Waals surface area contributed by atoms with Gasteiger partial charge in [-0.05, 0) is 94.4 Å². The highest BCUT2D eigenvalue weighted by molar-refractivity contribution is 14.1. The summed E-state index contributed by atoms with van der Waals surface area (Å²) in [5.74, 6) is 0.533. The summed E-state index contributed by atoms with van der Waals surface area (Å²) in [6.45, 7) is 0.615. The molecule has 1 amide bonds. The molecule has 0 aliphatic carbocycles. The molecule has 0 saturated carbocycles. The van der Waals surface area contributed by atoms with Gasteiger partial charge in [0.2, 0.25) is 0 Å². The van der Waals surface area contributed by atoms with E-state index in [9.17, 15) is 4.79 Å². The number of ether oxygens (including phenoxy) is 1. The van der Waals surface area contributed by atoms with Crippen molar-refractivity contribution in [2.45, 2.75) is 6.61 Å². The van der Waals surface area contributed by atoms with E-state index in [4.69, 9.17) is 16.3 Å². The van der Waals surface area contributed by atoms with Gasteiger partial charge in [0.15, 0.2) is 0 Å². The molecule has 0 fully saturated rings. The standard InChI is InChI=1S/C22H19ClIN3O2/c23-18-5-1-17(2-6-18)15-29-21-11-3-16(4-12-21)13-26-27-22(28)14-25-20-9-7-19(24)8-10-20/h1-13,25H,14-15H2,(H,27,28)/b26-13-. The Bertz CT molecular complexity index is 959. The molecule has 7 heteroatoms. The highest BCUT2D eigenvalue weighted by Gasteiger charge is 2.00. The Morgan fingerprint density at radius 2 is 1.69 bits per heavy atom. The van der Waals surface area contributed by atoms with Gasteiger partial charge < -0.3 is 10.1 Å². The molecule has 0 unspecified atom stereocenters. The fourth-order valence-electron chi connectivity index (χ4n) is 2.37. The van der Waals surface area contributed by atoms with Gasteiger partial charge in [-0.1, -0.05) is 23.7 Å². The second-order valence-corrected chi connectivity index (χ2v) is 7.82. The van der Waals surface area contributed by atoms with Crippen LogP contribution < -0.4 is 15.5 Å². The quantitative estimate of drug-likeness (QED) is 0.248. The van der Waals surface area contributed by atoms with E-state index in [1.54, 1.807) is 6.21 Å². The van der Waals surface area contributed by atoms with Gasteiger partial charge in [0.05, 0.1) is 12.8 Å². The second kappa shape index (κ2) is 10.8. The van der Waals surface area contributed by atoms with Crippen LogP contribution in [0.1, 0.15) is 11.1 Å². The number of carbonyl (C=O) groups excluding carboxylic acids is 1. The topological polar surface area (TPSA) is 62.7 Å². The highest BCUT2D eigenvalue weighted by Crippen LogP contribution is 2.15. The number of rotatable bonds is 8. The fourth-order valence-corrected chi connectivity index (χ4v) is 2.85. The summed E-state index contributed by atoms with van der Waals surface area (Å²) in [7, 11) is 0. The van der Waals surface area contributed by atoms with Gasteiger partial charge in [0.25, 0.3) is 5.91 Å². The van der Waals surface area contributed by atoms with Crippen LogP contribution in [0.5, 0.6) is 5.75 Å². The summed E-state index contributed by atoms with van der Waals surface area (Å²) >= 11 is 8.11. The monoisotopic (exact) mass is 519 g/mol. The molecule has 5 nitrogen and oxygen atoms in total. The molecule has 0 heterocycles. The molecule has 0 aromatic heterocycles. The van der Waals surface area contributed by atoms with Crippen molar-refractivity contribution >= 4 is 52.0 Å². The maximum absolute atomic E-state index is 11.9. The van der Waals surface area contributed by atoms with Crippen molar-refractivity contribution in [1.29, 1.82) is 0 Å². The maximum atomic E-state index is 11.9. The molecule has 0 radical (unpaired) electrons. The Labute approximate surface area is 188 Å². The Hall–Kier alpha value is -2.58. The van der Waals surface area contributed by atoms with E-state index in [1.165, 1.54) is 0 Å². The van der Waals surface area contributed by atoms with Crippen molar-refractivity contribution in [2.24, 2.45) is 5.10 Å². The number of amides is 1. The minimum Gasteiger partial charge on any atom is -0.489 e. The highest BCUT2D eigenvalue weighted by atomic mass is 127. The van der Waals surface area contributed by atoms with Gasteiger partial charge in [-0.15, -0.1) is 0 Å². The van der Waals surface area contributed by atoms with Gasteiger partial charge in [0.1, 0.15) is 12.4 Å². The Morgan fingerprint density at radius 1 is 1.00 bits per heavy atom. The van der Waals surface area contributed by atoms with Gasteiger partial charge in [-0.25, -0.2) is 5.43 Å². The number of hydrazone groups is 1. The van der Waals surface area contributed by atoms with E-state index in [0.29, 0.717) is 11.6 Å². The third-order valence-corrected chi connectivity index (χ3v) is 4.87. The molecular weight excluding hydrogens is 501 g/mol. The van der Waals surface area contributed by atoms with Crippen LogP contribution in [0.3, 0.4) is 0 Å². The van der Waals surface area contributed by atoms with E-state index in [2.05, 4.69) is 38.4 Å². The predicted octanol–water partition coefficient (Wildman–Crippen LogP) is 5.09. The summed E-state index contributed by atoms with van der Waals surface area (Å²) < 4.78 is 6.89. The fraction of sp³-hybridized carbons (Fsp3) is 0.0909. The number of hydrogen-bond acceptors (Lipinski definition) is 4. The number of hydrogen-bond donors (Lipinski definition) is 2. The van der Waals surface area contributed by atoms with Crippen LogP contribution >= 0.6 is 34.2 Å². The van der Waals surface area contributed by atoms with E-state index in [0.717, 1.165) is 26.1 Å². The first-order chi connectivity index (χ1) is 14.1. The lowest BCUT2D eigenvalue weighted by molar-refractivity contribution is -0.119. The zero-order chi connectivity index (χ0) is 20.5. The largest absolute Gasteiger partial charge is 0.489 e. The normalized spacial score (nSPS) is 10.7. The molecule has 0 saturated heterocycles. The third-order valence-electron chi connectivity index (χ3n) is 3.90. The van der Waals surface area contributed by atoms with Crippen LogP contribution in [-0.2, 0) is 11.4 Å². The first-order valence-corrected chi connectivity index (χ1v) is 10.3. The third kappa shape index (κ3) is 7.40. The number of benzene rings is 3. The lowest BCUT2D eigenvalue weighted by atomic mass is 10.2. The SMILES string of the molecule is O=C(CNc1ccc(I)cc1)N/N=C\c1ccc(OCc2ccc(Cl)cc2)cc1. The van der Waals surface area contributed by atoms with E-state index < -0.39 is 0 Å². The number of halogens is 2. The van der Waals surface area contributed by atoms with E-state index in [1.807, 2.05) is 72.8 Å². The van der Waals surface area contributed by atoms with Crippen LogP contribution in [0.2, 0.25) is 5.02 Å². The maximum Gasteiger partial charge on any atom is 0.259 e.